The van der Waals surface area contributed by atoms with Gasteiger partial charge in [0.2, 0.25) is 0 Å². The zero-order valence-corrected chi connectivity index (χ0v) is 14.7. The summed E-state index contributed by atoms with van der Waals surface area (Å²) >= 11 is 0. The Labute approximate surface area is 147 Å². The highest BCUT2D eigenvalue weighted by Crippen LogP contribution is 2.43. The second kappa shape index (κ2) is 6.24. The molecule has 4 rings (SSSR count). The second-order valence-corrected chi connectivity index (χ2v) is 7.72. The van der Waals surface area contributed by atoms with Crippen molar-refractivity contribution >= 4 is 11.9 Å². The fraction of sp³-hybridized carbons (Fsp3) is 0.579. The van der Waals surface area contributed by atoms with Gasteiger partial charge in [-0.2, -0.15) is 0 Å². The lowest BCUT2D eigenvalue weighted by Crippen LogP contribution is -2.58. The first kappa shape index (κ1) is 16.2. The highest BCUT2D eigenvalue weighted by Gasteiger charge is 2.42. The molecule has 6 heteroatoms. The molecule has 2 fully saturated rings. The van der Waals surface area contributed by atoms with Gasteiger partial charge in [-0.15, -0.1) is 0 Å². The first-order valence-electron chi connectivity index (χ1n) is 9.12. The highest BCUT2D eigenvalue weighted by molar-refractivity contribution is 5.91. The molecule has 0 radical (unpaired) electrons. The molecule has 0 aromatic carbocycles. The van der Waals surface area contributed by atoms with Crippen LogP contribution in [0.3, 0.4) is 0 Å². The monoisotopic (exact) mass is 343 g/mol. The molecule has 2 aliphatic carbocycles. The predicted molar refractivity (Wildman–Crippen MR) is 93.2 cm³/mol. The normalized spacial score (nSPS) is 28.7. The van der Waals surface area contributed by atoms with Crippen molar-refractivity contribution in [3.05, 3.63) is 35.8 Å². The van der Waals surface area contributed by atoms with Crippen molar-refractivity contribution in [2.45, 2.75) is 38.1 Å². The van der Waals surface area contributed by atoms with Gasteiger partial charge >= 0.3 is 6.03 Å². The summed E-state index contributed by atoms with van der Waals surface area (Å²) in [6.45, 7) is 4.46. The van der Waals surface area contributed by atoms with Gasteiger partial charge in [0, 0.05) is 31.7 Å². The third kappa shape index (κ3) is 3.17. The fourth-order valence-electron chi connectivity index (χ4n) is 4.54. The molecule has 3 amide bonds. The summed E-state index contributed by atoms with van der Waals surface area (Å²) in [5.41, 5.74) is 1.42. The fourth-order valence-corrected chi connectivity index (χ4v) is 4.54. The number of fused-ring (bicyclic) bond motifs is 2. The number of furan rings is 1. The molecule has 25 heavy (non-hydrogen) atoms. The van der Waals surface area contributed by atoms with Crippen LogP contribution in [0.15, 0.2) is 34.5 Å². The van der Waals surface area contributed by atoms with Crippen molar-refractivity contribution in [1.29, 1.82) is 0 Å². The van der Waals surface area contributed by atoms with E-state index in [2.05, 4.69) is 18.3 Å². The van der Waals surface area contributed by atoms with Gasteiger partial charge in [-0.25, -0.2) is 4.79 Å². The molecule has 2 atom stereocenters. The number of hydrogen-bond acceptors (Lipinski definition) is 3. The Morgan fingerprint density at radius 2 is 2.00 bits per heavy atom. The Kier molecular flexibility index (Phi) is 4.06. The summed E-state index contributed by atoms with van der Waals surface area (Å²) in [5, 5.41) is 3.31. The molecule has 1 aromatic heterocycles. The van der Waals surface area contributed by atoms with Gasteiger partial charge in [-0.1, -0.05) is 18.6 Å². The third-order valence-electron chi connectivity index (χ3n) is 5.65. The number of carbonyl (C=O) groups excluding carboxylic acids is 2. The van der Waals surface area contributed by atoms with Crippen LogP contribution in [0.1, 0.15) is 43.2 Å². The van der Waals surface area contributed by atoms with Crippen LogP contribution >= 0.6 is 0 Å². The van der Waals surface area contributed by atoms with Crippen LogP contribution < -0.4 is 5.32 Å². The molecule has 0 spiro atoms. The molecule has 134 valence electrons. The largest absolute Gasteiger partial charge is 0.459 e. The van der Waals surface area contributed by atoms with Crippen molar-refractivity contribution in [3.63, 3.8) is 0 Å². The van der Waals surface area contributed by atoms with Gasteiger partial charge in [0.25, 0.3) is 5.91 Å². The van der Waals surface area contributed by atoms with Gasteiger partial charge in [-0.05, 0) is 43.7 Å². The van der Waals surface area contributed by atoms with E-state index in [0.29, 0.717) is 37.9 Å². The van der Waals surface area contributed by atoms with E-state index in [0.717, 1.165) is 19.3 Å². The van der Waals surface area contributed by atoms with Gasteiger partial charge in [0.05, 0.1) is 6.26 Å². The molecule has 1 saturated carbocycles. The summed E-state index contributed by atoms with van der Waals surface area (Å²) in [7, 11) is 0. The van der Waals surface area contributed by atoms with Crippen LogP contribution in [0, 0.1) is 5.92 Å². The summed E-state index contributed by atoms with van der Waals surface area (Å²) in [5.74, 6) is 0.887. The zero-order chi connectivity index (χ0) is 17.4. The van der Waals surface area contributed by atoms with E-state index in [1.54, 1.807) is 17.0 Å². The van der Waals surface area contributed by atoms with Crippen molar-refractivity contribution in [3.8, 4) is 0 Å². The summed E-state index contributed by atoms with van der Waals surface area (Å²) in [6, 6.07) is 3.40. The van der Waals surface area contributed by atoms with Gasteiger partial charge in [0.1, 0.15) is 0 Å². The summed E-state index contributed by atoms with van der Waals surface area (Å²) < 4.78 is 5.18. The van der Waals surface area contributed by atoms with Crippen LogP contribution in [0.2, 0.25) is 0 Å². The van der Waals surface area contributed by atoms with E-state index in [1.807, 2.05) is 4.90 Å². The minimum atomic E-state index is -0.102. The minimum Gasteiger partial charge on any atom is -0.459 e. The first-order valence-corrected chi connectivity index (χ1v) is 9.12. The van der Waals surface area contributed by atoms with Crippen LogP contribution in [0.25, 0.3) is 0 Å². The lowest BCUT2D eigenvalue weighted by atomic mass is 9.78. The van der Waals surface area contributed by atoms with Gasteiger partial charge in [-0.3, -0.25) is 4.79 Å². The molecule has 1 aliphatic heterocycles. The average Bonchev–Trinajstić information content (AvgIpc) is 3.22. The predicted octanol–water partition coefficient (Wildman–Crippen LogP) is 2.64. The highest BCUT2D eigenvalue weighted by atomic mass is 16.3. The number of nitrogens with zero attached hydrogens (tertiary/aromatic N) is 2. The van der Waals surface area contributed by atoms with E-state index in [-0.39, 0.29) is 17.5 Å². The van der Waals surface area contributed by atoms with Crippen LogP contribution in [0.5, 0.6) is 0 Å². The molecule has 2 heterocycles. The SMILES string of the molecule is CC1CC2=CCC(NC(=O)N3CCN(C(=O)c4ccco4)CC3)(C2)C1. The van der Waals surface area contributed by atoms with Crippen molar-refractivity contribution in [2.75, 3.05) is 26.2 Å². The molecular weight excluding hydrogens is 318 g/mol. The Balaban J connectivity index is 1.32. The molecule has 1 N–H and O–H groups in total. The second-order valence-electron chi connectivity index (χ2n) is 7.72. The van der Waals surface area contributed by atoms with Gasteiger partial charge in [0.15, 0.2) is 5.76 Å². The topological polar surface area (TPSA) is 65.8 Å². The minimum absolute atomic E-state index is 0.00819. The lowest BCUT2D eigenvalue weighted by molar-refractivity contribution is 0.0626. The lowest BCUT2D eigenvalue weighted by Gasteiger charge is -2.40. The molecule has 3 aliphatic rings. The Morgan fingerprint density at radius 3 is 2.72 bits per heavy atom. The summed E-state index contributed by atoms with van der Waals surface area (Å²) in [4.78, 5) is 28.6. The standard InChI is InChI=1S/C19H25N3O3/c1-14-11-15-4-5-19(12-14,13-15)20-18(24)22-8-6-21(7-9-22)17(23)16-3-2-10-25-16/h2-4,10,14H,5-9,11-13H2,1H3,(H,20,24). The average molecular weight is 343 g/mol. The number of piperazine rings is 1. The van der Waals surface area contributed by atoms with E-state index in [1.165, 1.54) is 18.3 Å². The van der Waals surface area contributed by atoms with Crippen molar-refractivity contribution in [1.82, 2.24) is 15.1 Å². The van der Waals surface area contributed by atoms with E-state index in [9.17, 15) is 9.59 Å². The zero-order valence-electron chi connectivity index (χ0n) is 14.7. The quantitative estimate of drug-likeness (QED) is 0.840. The van der Waals surface area contributed by atoms with Crippen LogP contribution in [0.4, 0.5) is 4.79 Å². The van der Waals surface area contributed by atoms with E-state index in [4.69, 9.17) is 4.42 Å². The third-order valence-corrected chi connectivity index (χ3v) is 5.65. The molecular formula is C19H25N3O3. The summed E-state index contributed by atoms with van der Waals surface area (Å²) in [6.07, 6.45) is 7.99. The van der Waals surface area contributed by atoms with Gasteiger partial charge < -0.3 is 19.5 Å². The Hall–Kier alpha value is -2.24. The smallest absolute Gasteiger partial charge is 0.317 e. The molecule has 2 bridgehead atoms. The van der Waals surface area contributed by atoms with Crippen molar-refractivity contribution in [2.24, 2.45) is 5.92 Å². The maximum atomic E-state index is 12.7. The Bertz CT molecular complexity index is 689. The molecule has 1 saturated heterocycles. The Morgan fingerprint density at radius 1 is 1.24 bits per heavy atom. The number of rotatable bonds is 2. The van der Waals surface area contributed by atoms with E-state index >= 15 is 0 Å². The van der Waals surface area contributed by atoms with Crippen molar-refractivity contribution < 1.29 is 14.0 Å². The molecule has 1 aromatic rings. The maximum absolute atomic E-state index is 12.7. The van der Waals surface area contributed by atoms with Crippen LogP contribution in [-0.4, -0.2) is 53.5 Å². The van der Waals surface area contributed by atoms with E-state index < -0.39 is 0 Å². The maximum Gasteiger partial charge on any atom is 0.317 e. The molecule has 2 unspecified atom stereocenters. The molecule has 6 nitrogen and oxygen atoms in total. The first-order chi connectivity index (χ1) is 12.0. The number of amides is 3. The number of urea groups is 1. The number of nitrogens with one attached hydrogen (secondary N) is 1. The number of hydrogen-bond donors (Lipinski definition) is 1. The number of carbonyl (C=O) groups is 2. The van der Waals surface area contributed by atoms with Crippen LogP contribution in [-0.2, 0) is 0 Å².